The van der Waals surface area contributed by atoms with Crippen molar-refractivity contribution in [3.8, 4) is 11.5 Å². The van der Waals surface area contributed by atoms with Crippen LogP contribution in [0.3, 0.4) is 0 Å². The minimum Gasteiger partial charge on any atom is -0.508 e. The van der Waals surface area contributed by atoms with Crippen molar-refractivity contribution >= 4 is 21.6 Å². The minimum absolute atomic E-state index is 0.0193. The van der Waals surface area contributed by atoms with Crippen LogP contribution in [0.15, 0.2) is 53.4 Å². The molecule has 0 unspecified atom stereocenters. The Morgan fingerprint density at radius 1 is 1.00 bits per heavy atom. The van der Waals surface area contributed by atoms with Crippen LogP contribution in [0.4, 0.5) is 5.69 Å². The van der Waals surface area contributed by atoms with Crippen LogP contribution in [0, 0.1) is 0 Å². The van der Waals surface area contributed by atoms with Gasteiger partial charge in [0.2, 0.25) is 5.91 Å². The molecule has 0 heterocycles. The van der Waals surface area contributed by atoms with Crippen LogP contribution in [0.1, 0.15) is 6.92 Å². The molecule has 0 fully saturated rings. The number of sulfonamides is 1. The standard InChI is InChI=1S/C14H13NO5S/c1-10(16)15(11-4-2-5-12(17)8-11)21(19,20)14-7-3-6-13(18)9-14/h2-9,17-18H,1H3. The zero-order valence-corrected chi connectivity index (χ0v) is 11.9. The fraction of sp³-hybridized carbons (Fsp3) is 0.0714. The van der Waals surface area contributed by atoms with Crippen LogP contribution >= 0.6 is 0 Å². The van der Waals surface area contributed by atoms with Gasteiger partial charge in [-0.2, -0.15) is 0 Å². The third-order valence-corrected chi connectivity index (χ3v) is 4.50. The molecule has 2 aromatic rings. The number of amides is 1. The molecular weight excluding hydrogens is 294 g/mol. The van der Waals surface area contributed by atoms with E-state index in [1.807, 2.05) is 0 Å². The summed E-state index contributed by atoms with van der Waals surface area (Å²) in [4.78, 5) is 11.5. The van der Waals surface area contributed by atoms with Crippen LogP contribution in [0.2, 0.25) is 0 Å². The summed E-state index contributed by atoms with van der Waals surface area (Å²) in [5, 5.41) is 18.9. The number of carbonyl (C=O) groups is 1. The highest BCUT2D eigenvalue weighted by Crippen LogP contribution is 2.27. The lowest BCUT2D eigenvalue weighted by Gasteiger charge is -2.21. The van der Waals surface area contributed by atoms with E-state index in [2.05, 4.69) is 0 Å². The van der Waals surface area contributed by atoms with Gasteiger partial charge < -0.3 is 10.2 Å². The van der Waals surface area contributed by atoms with Crippen molar-refractivity contribution in [2.45, 2.75) is 11.8 Å². The fourth-order valence-corrected chi connectivity index (χ4v) is 3.32. The highest BCUT2D eigenvalue weighted by atomic mass is 32.2. The molecule has 0 saturated heterocycles. The second-order valence-electron chi connectivity index (χ2n) is 4.31. The number of phenols is 2. The van der Waals surface area contributed by atoms with Gasteiger partial charge in [-0.25, -0.2) is 12.7 Å². The zero-order chi connectivity index (χ0) is 15.6. The molecule has 0 spiro atoms. The minimum atomic E-state index is -4.18. The Hall–Kier alpha value is -2.54. The van der Waals surface area contributed by atoms with Gasteiger partial charge in [0.05, 0.1) is 10.6 Å². The molecule has 0 aliphatic heterocycles. The number of phenolic OH excluding ortho intramolecular Hbond substituents is 2. The number of hydrogen-bond donors (Lipinski definition) is 2. The number of anilines is 1. The Bertz CT molecular complexity index is 785. The summed E-state index contributed by atoms with van der Waals surface area (Å²) in [6.07, 6.45) is 0. The van der Waals surface area contributed by atoms with Crippen LogP contribution in [-0.4, -0.2) is 24.5 Å². The molecular formula is C14H13NO5S. The van der Waals surface area contributed by atoms with Crippen LogP contribution in [0.5, 0.6) is 11.5 Å². The van der Waals surface area contributed by atoms with Crippen LogP contribution in [-0.2, 0) is 14.8 Å². The molecule has 110 valence electrons. The summed E-state index contributed by atoms with van der Waals surface area (Å²) in [6.45, 7) is 1.10. The predicted octanol–water partition coefficient (Wildman–Crippen LogP) is 1.84. The SMILES string of the molecule is CC(=O)N(c1cccc(O)c1)S(=O)(=O)c1cccc(O)c1. The maximum atomic E-state index is 12.6. The third-order valence-electron chi connectivity index (χ3n) is 2.71. The number of aromatic hydroxyl groups is 2. The van der Waals surface area contributed by atoms with Crippen LogP contribution < -0.4 is 4.31 Å². The maximum absolute atomic E-state index is 12.6. The van der Waals surface area contributed by atoms with Gasteiger partial charge in [0, 0.05) is 19.1 Å². The average Bonchev–Trinajstić information content (AvgIpc) is 2.38. The fourth-order valence-electron chi connectivity index (χ4n) is 1.86. The Kier molecular flexibility index (Phi) is 3.86. The van der Waals surface area contributed by atoms with Gasteiger partial charge in [-0.1, -0.05) is 12.1 Å². The van der Waals surface area contributed by atoms with Gasteiger partial charge >= 0.3 is 0 Å². The number of rotatable bonds is 3. The Morgan fingerprint density at radius 2 is 1.57 bits per heavy atom. The van der Waals surface area contributed by atoms with Crippen molar-refractivity contribution in [3.63, 3.8) is 0 Å². The third kappa shape index (κ3) is 2.97. The first-order chi connectivity index (χ1) is 9.82. The first kappa shape index (κ1) is 14.9. The largest absolute Gasteiger partial charge is 0.508 e. The van der Waals surface area contributed by atoms with Gasteiger partial charge in [-0.15, -0.1) is 0 Å². The molecule has 6 nitrogen and oxygen atoms in total. The molecule has 0 aromatic heterocycles. The lowest BCUT2D eigenvalue weighted by Crippen LogP contribution is -2.35. The van der Waals surface area contributed by atoms with E-state index in [0.717, 1.165) is 13.0 Å². The quantitative estimate of drug-likeness (QED) is 0.902. The molecule has 2 aromatic carbocycles. The van der Waals surface area contributed by atoms with Crippen molar-refractivity contribution in [3.05, 3.63) is 48.5 Å². The van der Waals surface area contributed by atoms with E-state index in [1.165, 1.54) is 42.5 Å². The van der Waals surface area contributed by atoms with Gasteiger partial charge in [-0.05, 0) is 24.3 Å². The highest BCUT2D eigenvalue weighted by molar-refractivity contribution is 7.93. The first-order valence-electron chi connectivity index (χ1n) is 5.96. The average molecular weight is 307 g/mol. The van der Waals surface area contributed by atoms with E-state index in [0.29, 0.717) is 4.31 Å². The Morgan fingerprint density at radius 3 is 2.10 bits per heavy atom. The maximum Gasteiger partial charge on any atom is 0.271 e. The molecule has 2 rings (SSSR count). The van der Waals surface area contributed by atoms with E-state index in [4.69, 9.17) is 0 Å². The lowest BCUT2D eigenvalue weighted by molar-refractivity contribution is -0.115. The lowest BCUT2D eigenvalue weighted by atomic mass is 10.3. The number of benzene rings is 2. The van der Waals surface area contributed by atoms with E-state index in [9.17, 15) is 23.4 Å². The van der Waals surface area contributed by atoms with E-state index >= 15 is 0 Å². The van der Waals surface area contributed by atoms with Crippen molar-refractivity contribution in [1.29, 1.82) is 0 Å². The van der Waals surface area contributed by atoms with Crippen molar-refractivity contribution in [2.75, 3.05) is 4.31 Å². The summed E-state index contributed by atoms with van der Waals surface area (Å²) in [5.41, 5.74) is 0.0193. The smallest absolute Gasteiger partial charge is 0.271 e. The summed E-state index contributed by atoms with van der Waals surface area (Å²) in [7, 11) is -4.18. The number of nitrogens with zero attached hydrogens (tertiary/aromatic N) is 1. The predicted molar refractivity (Wildman–Crippen MR) is 76.6 cm³/mol. The van der Waals surface area contributed by atoms with Gasteiger partial charge in [0.15, 0.2) is 0 Å². The van der Waals surface area contributed by atoms with Crippen molar-refractivity contribution < 1.29 is 23.4 Å². The zero-order valence-electron chi connectivity index (χ0n) is 11.1. The molecule has 21 heavy (non-hydrogen) atoms. The molecule has 0 aliphatic rings. The van der Waals surface area contributed by atoms with Gasteiger partial charge in [0.25, 0.3) is 10.0 Å². The number of carbonyl (C=O) groups excluding carboxylic acids is 1. The second kappa shape index (κ2) is 5.45. The highest BCUT2D eigenvalue weighted by Gasteiger charge is 2.29. The summed E-state index contributed by atoms with van der Waals surface area (Å²) in [5.74, 6) is -1.12. The molecule has 0 aliphatic carbocycles. The molecule has 2 N–H and O–H groups in total. The van der Waals surface area contributed by atoms with Crippen molar-refractivity contribution in [1.82, 2.24) is 0 Å². The van der Waals surface area contributed by atoms with Gasteiger partial charge in [-0.3, -0.25) is 4.79 Å². The molecule has 0 radical (unpaired) electrons. The second-order valence-corrected chi connectivity index (χ2v) is 6.09. The monoisotopic (exact) mass is 307 g/mol. The molecule has 0 atom stereocenters. The Balaban J connectivity index is 2.60. The summed E-state index contributed by atoms with van der Waals surface area (Å²) >= 11 is 0. The molecule has 0 saturated carbocycles. The molecule has 1 amide bonds. The number of hydrogen-bond acceptors (Lipinski definition) is 5. The van der Waals surface area contributed by atoms with Crippen LogP contribution in [0.25, 0.3) is 0 Å². The van der Waals surface area contributed by atoms with Crippen molar-refractivity contribution in [2.24, 2.45) is 0 Å². The van der Waals surface area contributed by atoms with E-state index < -0.39 is 15.9 Å². The normalized spacial score (nSPS) is 11.1. The topological polar surface area (TPSA) is 94.9 Å². The Labute approximate surface area is 121 Å². The van der Waals surface area contributed by atoms with Gasteiger partial charge in [0.1, 0.15) is 11.5 Å². The first-order valence-corrected chi connectivity index (χ1v) is 7.40. The molecule has 0 bridgehead atoms. The summed E-state index contributed by atoms with van der Waals surface area (Å²) in [6, 6.07) is 10.4. The van der Waals surface area contributed by atoms with E-state index in [1.54, 1.807) is 0 Å². The summed E-state index contributed by atoms with van der Waals surface area (Å²) < 4.78 is 25.7. The van der Waals surface area contributed by atoms with E-state index in [-0.39, 0.29) is 22.1 Å². The molecule has 7 heteroatoms.